The minimum Gasteiger partial charge on any atom is -0.378 e. The highest BCUT2D eigenvalue weighted by molar-refractivity contribution is 5.75. The zero-order valence-corrected chi connectivity index (χ0v) is 8.71. The second-order valence-corrected chi connectivity index (χ2v) is 4.22. The average molecular weight is 184 g/mol. The minimum atomic E-state index is 0.226. The Balaban J connectivity index is 2.10. The van der Waals surface area contributed by atoms with Crippen LogP contribution in [-0.4, -0.2) is 18.5 Å². The lowest BCUT2D eigenvalue weighted by molar-refractivity contribution is -0.118. The number of carbonyl (C=O) groups excluding carboxylic acids is 1. The monoisotopic (exact) mass is 184 g/mol. The van der Waals surface area contributed by atoms with Crippen LogP contribution >= 0.6 is 0 Å². The van der Waals surface area contributed by atoms with E-state index in [-0.39, 0.29) is 5.78 Å². The Bertz CT molecular complexity index is 165. The van der Waals surface area contributed by atoms with Crippen LogP contribution in [0.4, 0.5) is 0 Å². The minimum absolute atomic E-state index is 0.226. The second-order valence-electron chi connectivity index (χ2n) is 4.22. The molecule has 0 amide bonds. The van der Waals surface area contributed by atoms with Gasteiger partial charge in [-0.25, -0.2) is 0 Å². The summed E-state index contributed by atoms with van der Waals surface area (Å²) >= 11 is 0. The number of carbonyl (C=O) groups is 1. The second kappa shape index (κ2) is 5.38. The summed E-state index contributed by atoms with van der Waals surface area (Å²) < 4.78 is 5.64. The molecule has 13 heavy (non-hydrogen) atoms. The summed E-state index contributed by atoms with van der Waals surface area (Å²) in [5.74, 6) is 1.03. The molecule has 2 atom stereocenters. The van der Waals surface area contributed by atoms with E-state index in [9.17, 15) is 4.79 Å². The van der Waals surface area contributed by atoms with Gasteiger partial charge in [0.1, 0.15) is 5.78 Å². The van der Waals surface area contributed by atoms with Gasteiger partial charge < -0.3 is 4.74 Å². The highest BCUT2D eigenvalue weighted by atomic mass is 16.5. The Morgan fingerprint density at radius 1 is 1.46 bits per heavy atom. The molecule has 0 aromatic rings. The van der Waals surface area contributed by atoms with Gasteiger partial charge in [-0.1, -0.05) is 19.8 Å². The summed E-state index contributed by atoms with van der Waals surface area (Å²) in [5.41, 5.74) is 0. The molecule has 1 aliphatic carbocycles. The van der Waals surface area contributed by atoms with Crippen LogP contribution in [-0.2, 0) is 9.53 Å². The lowest BCUT2D eigenvalue weighted by Crippen LogP contribution is -2.22. The highest BCUT2D eigenvalue weighted by Gasteiger charge is 2.18. The molecule has 2 heteroatoms. The van der Waals surface area contributed by atoms with Gasteiger partial charge in [0.05, 0.1) is 12.7 Å². The van der Waals surface area contributed by atoms with Crippen molar-refractivity contribution in [1.29, 1.82) is 0 Å². The molecule has 76 valence electrons. The average Bonchev–Trinajstić information content (AvgIpc) is 2.03. The first-order valence-corrected chi connectivity index (χ1v) is 5.29. The van der Waals surface area contributed by atoms with Gasteiger partial charge >= 0.3 is 0 Å². The van der Waals surface area contributed by atoms with E-state index >= 15 is 0 Å². The van der Waals surface area contributed by atoms with Gasteiger partial charge in [0.15, 0.2) is 0 Å². The van der Waals surface area contributed by atoms with Crippen molar-refractivity contribution in [2.45, 2.75) is 52.1 Å². The maximum atomic E-state index is 10.7. The Morgan fingerprint density at radius 3 is 2.85 bits per heavy atom. The fourth-order valence-corrected chi connectivity index (χ4v) is 1.90. The van der Waals surface area contributed by atoms with Crippen molar-refractivity contribution in [3.63, 3.8) is 0 Å². The van der Waals surface area contributed by atoms with Crippen LogP contribution in [0.3, 0.4) is 0 Å². The molecule has 0 aromatic heterocycles. The molecule has 1 rings (SSSR count). The van der Waals surface area contributed by atoms with Crippen molar-refractivity contribution in [2.75, 3.05) is 6.61 Å². The van der Waals surface area contributed by atoms with Crippen molar-refractivity contribution in [1.82, 2.24) is 0 Å². The van der Waals surface area contributed by atoms with Crippen LogP contribution in [0, 0.1) is 5.92 Å². The van der Waals surface area contributed by atoms with Crippen molar-refractivity contribution in [3.8, 4) is 0 Å². The quantitative estimate of drug-likeness (QED) is 0.671. The summed E-state index contributed by atoms with van der Waals surface area (Å²) in [4.78, 5) is 10.7. The van der Waals surface area contributed by atoms with Crippen LogP contribution in [0.2, 0.25) is 0 Å². The smallest absolute Gasteiger partial charge is 0.132 e. The molecule has 1 saturated carbocycles. The molecule has 0 radical (unpaired) electrons. The Hall–Kier alpha value is -0.370. The summed E-state index contributed by atoms with van der Waals surface area (Å²) in [7, 11) is 0. The molecule has 0 N–H and O–H groups in total. The summed E-state index contributed by atoms with van der Waals surface area (Å²) in [5, 5.41) is 0. The number of rotatable bonds is 4. The zero-order chi connectivity index (χ0) is 9.68. The van der Waals surface area contributed by atoms with Crippen molar-refractivity contribution < 1.29 is 9.53 Å². The Kier molecular flexibility index (Phi) is 4.43. The third kappa shape index (κ3) is 4.41. The molecule has 0 heterocycles. The van der Waals surface area contributed by atoms with Crippen LogP contribution in [0.5, 0.6) is 0 Å². The maximum Gasteiger partial charge on any atom is 0.132 e. The summed E-state index contributed by atoms with van der Waals surface area (Å²) in [6, 6.07) is 0. The van der Waals surface area contributed by atoms with E-state index in [0.717, 1.165) is 5.92 Å². The molecule has 0 saturated heterocycles. The van der Waals surface area contributed by atoms with Crippen LogP contribution in [0.1, 0.15) is 46.0 Å². The number of ether oxygens (including phenoxy) is 1. The highest BCUT2D eigenvalue weighted by Crippen LogP contribution is 2.25. The SMILES string of the molecule is CC(=O)CCOC1CCCC(C)C1. The van der Waals surface area contributed by atoms with Crippen LogP contribution < -0.4 is 0 Å². The van der Waals surface area contributed by atoms with Crippen molar-refractivity contribution >= 4 is 5.78 Å². The van der Waals surface area contributed by atoms with Gasteiger partial charge in [0, 0.05) is 6.42 Å². The van der Waals surface area contributed by atoms with Crippen molar-refractivity contribution in [3.05, 3.63) is 0 Å². The van der Waals surface area contributed by atoms with Gasteiger partial charge in [-0.05, 0) is 25.7 Å². The molecule has 0 bridgehead atoms. The summed E-state index contributed by atoms with van der Waals surface area (Å²) in [6.45, 7) is 4.51. The molecule has 0 aliphatic heterocycles. The van der Waals surface area contributed by atoms with E-state index in [4.69, 9.17) is 4.74 Å². The topological polar surface area (TPSA) is 26.3 Å². The predicted molar refractivity (Wildman–Crippen MR) is 52.7 cm³/mol. The number of hydrogen-bond donors (Lipinski definition) is 0. The van der Waals surface area contributed by atoms with Gasteiger partial charge in [-0.2, -0.15) is 0 Å². The Morgan fingerprint density at radius 2 is 2.23 bits per heavy atom. The Labute approximate surface area is 80.7 Å². The van der Waals surface area contributed by atoms with Gasteiger partial charge in [0.25, 0.3) is 0 Å². The standard InChI is InChI=1S/C11H20O2/c1-9-4-3-5-11(8-9)13-7-6-10(2)12/h9,11H,3-8H2,1-2H3. The van der Waals surface area contributed by atoms with Gasteiger partial charge in [-0.3, -0.25) is 4.79 Å². The van der Waals surface area contributed by atoms with Gasteiger partial charge in [-0.15, -0.1) is 0 Å². The van der Waals surface area contributed by atoms with Gasteiger partial charge in [0.2, 0.25) is 0 Å². The molecule has 2 nitrogen and oxygen atoms in total. The van der Waals surface area contributed by atoms with E-state index in [0.29, 0.717) is 19.1 Å². The van der Waals surface area contributed by atoms with Crippen LogP contribution in [0.15, 0.2) is 0 Å². The molecular weight excluding hydrogens is 164 g/mol. The van der Waals surface area contributed by atoms with E-state index in [2.05, 4.69) is 6.92 Å². The van der Waals surface area contributed by atoms with E-state index < -0.39 is 0 Å². The fourth-order valence-electron chi connectivity index (χ4n) is 1.90. The third-order valence-corrected chi connectivity index (χ3v) is 2.70. The molecule has 2 unspecified atom stereocenters. The molecule has 1 aliphatic rings. The fraction of sp³-hybridized carbons (Fsp3) is 0.909. The lowest BCUT2D eigenvalue weighted by atomic mass is 9.89. The summed E-state index contributed by atoms with van der Waals surface area (Å²) in [6.07, 6.45) is 5.98. The molecular formula is C11H20O2. The normalized spacial score (nSPS) is 28.8. The molecule has 1 fully saturated rings. The zero-order valence-electron chi connectivity index (χ0n) is 8.71. The number of Topliss-reactive ketones (excluding diaryl/α,β-unsaturated/α-hetero) is 1. The van der Waals surface area contributed by atoms with E-state index in [1.807, 2.05) is 0 Å². The lowest BCUT2D eigenvalue weighted by Gasteiger charge is -2.26. The van der Waals surface area contributed by atoms with Crippen LogP contribution in [0.25, 0.3) is 0 Å². The van der Waals surface area contributed by atoms with E-state index in [1.54, 1.807) is 6.92 Å². The third-order valence-electron chi connectivity index (χ3n) is 2.70. The molecule has 0 aromatic carbocycles. The van der Waals surface area contributed by atoms with Crippen molar-refractivity contribution in [2.24, 2.45) is 5.92 Å². The number of hydrogen-bond acceptors (Lipinski definition) is 2. The molecule has 0 spiro atoms. The first-order valence-electron chi connectivity index (χ1n) is 5.29. The predicted octanol–water partition coefficient (Wildman–Crippen LogP) is 2.56. The largest absolute Gasteiger partial charge is 0.378 e. The number of ketones is 1. The maximum absolute atomic E-state index is 10.7. The van der Waals surface area contributed by atoms with E-state index in [1.165, 1.54) is 25.7 Å². The first kappa shape index (κ1) is 10.7. The first-order chi connectivity index (χ1) is 6.18.